The highest BCUT2D eigenvalue weighted by atomic mass is 32.1. The average Bonchev–Trinajstić information content (AvgIpc) is 3.27. The van der Waals surface area contributed by atoms with Gasteiger partial charge >= 0.3 is 0 Å². The molecule has 0 unspecified atom stereocenters. The minimum atomic E-state index is -0.537. The van der Waals surface area contributed by atoms with Gasteiger partial charge in [0.15, 0.2) is 0 Å². The first-order chi connectivity index (χ1) is 14.0. The van der Waals surface area contributed by atoms with E-state index in [0.717, 1.165) is 0 Å². The number of rotatable bonds is 7. The Bertz CT molecular complexity index is 1060. The topological polar surface area (TPSA) is 120 Å². The summed E-state index contributed by atoms with van der Waals surface area (Å²) in [6, 6.07) is 12.8. The predicted octanol–water partition coefficient (Wildman–Crippen LogP) is 1.85. The lowest BCUT2D eigenvalue weighted by atomic mass is 10.2. The lowest BCUT2D eigenvalue weighted by Gasteiger charge is -2.08. The molecule has 0 atom stereocenters. The van der Waals surface area contributed by atoms with Crippen LogP contribution in [0.5, 0.6) is 0 Å². The summed E-state index contributed by atoms with van der Waals surface area (Å²) in [7, 11) is 0. The van der Waals surface area contributed by atoms with Crippen LogP contribution in [0, 0.1) is 0 Å². The normalized spacial score (nSPS) is 10.2. The smallest absolute Gasteiger partial charge is 0.261 e. The molecule has 148 valence electrons. The molecule has 8 nitrogen and oxygen atoms in total. The predicted molar refractivity (Wildman–Crippen MR) is 110 cm³/mol. The molecule has 3 rings (SSSR count). The fourth-order valence-electron chi connectivity index (χ4n) is 2.45. The monoisotopic (exact) mass is 410 g/mol. The number of anilines is 1. The van der Waals surface area contributed by atoms with Gasteiger partial charge in [0.1, 0.15) is 5.56 Å². The van der Waals surface area contributed by atoms with E-state index in [2.05, 4.69) is 20.9 Å². The summed E-state index contributed by atoms with van der Waals surface area (Å²) in [5.74, 6) is -1.01. The molecule has 0 aliphatic heterocycles. The van der Waals surface area contributed by atoms with Crippen LogP contribution in [0.1, 0.15) is 30.4 Å². The van der Waals surface area contributed by atoms with Gasteiger partial charge in [-0.25, -0.2) is 0 Å². The molecule has 2 aromatic heterocycles. The van der Waals surface area contributed by atoms with Gasteiger partial charge in [0.05, 0.1) is 4.88 Å². The van der Waals surface area contributed by atoms with Crippen molar-refractivity contribution in [3.8, 4) is 0 Å². The standard InChI is InChI=1S/C20H18N4O4S/c25-17(22-10-11-23-20(28)16-4-2-12-29-16)13-5-7-14(8-6-13)24-19(27)15-3-1-9-21-18(15)26/h1-9,12H,10-11H2,(H,21,26)(H,22,25)(H,23,28)(H,24,27). The minimum absolute atomic E-state index is 0.00100. The number of hydrogen-bond donors (Lipinski definition) is 4. The van der Waals surface area contributed by atoms with E-state index >= 15 is 0 Å². The van der Waals surface area contributed by atoms with Crippen molar-refractivity contribution in [1.82, 2.24) is 15.6 Å². The van der Waals surface area contributed by atoms with Crippen LogP contribution in [0.3, 0.4) is 0 Å². The number of aromatic amines is 1. The van der Waals surface area contributed by atoms with Gasteiger partial charge in [-0.1, -0.05) is 6.07 Å². The van der Waals surface area contributed by atoms with Crippen LogP contribution in [0.25, 0.3) is 0 Å². The van der Waals surface area contributed by atoms with Crippen LogP contribution < -0.4 is 21.5 Å². The Hall–Kier alpha value is -3.72. The fourth-order valence-corrected chi connectivity index (χ4v) is 3.09. The third kappa shape index (κ3) is 5.39. The summed E-state index contributed by atoms with van der Waals surface area (Å²) in [6.45, 7) is 0.591. The van der Waals surface area contributed by atoms with Crippen molar-refractivity contribution in [2.24, 2.45) is 0 Å². The summed E-state index contributed by atoms with van der Waals surface area (Å²) in [4.78, 5) is 50.8. The molecule has 9 heteroatoms. The molecule has 0 aliphatic carbocycles. The van der Waals surface area contributed by atoms with E-state index in [4.69, 9.17) is 0 Å². The lowest BCUT2D eigenvalue weighted by molar-refractivity contribution is 0.0929. The molecule has 3 amide bonds. The molecule has 0 radical (unpaired) electrons. The second-order valence-corrected chi connectivity index (χ2v) is 6.88. The van der Waals surface area contributed by atoms with Crippen LogP contribution in [-0.2, 0) is 0 Å². The van der Waals surface area contributed by atoms with Gasteiger partial charge in [-0.3, -0.25) is 19.2 Å². The van der Waals surface area contributed by atoms with Gasteiger partial charge in [-0.15, -0.1) is 11.3 Å². The van der Waals surface area contributed by atoms with E-state index in [1.165, 1.54) is 23.6 Å². The quantitative estimate of drug-likeness (QED) is 0.444. The maximum atomic E-state index is 12.2. The summed E-state index contributed by atoms with van der Waals surface area (Å²) in [5, 5.41) is 9.86. The van der Waals surface area contributed by atoms with Crippen molar-refractivity contribution in [2.45, 2.75) is 0 Å². The van der Waals surface area contributed by atoms with Crippen molar-refractivity contribution in [3.63, 3.8) is 0 Å². The number of benzene rings is 1. The maximum absolute atomic E-state index is 12.2. The Balaban J connectivity index is 1.47. The first kappa shape index (κ1) is 20.0. The van der Waals surface area contributed by atoms with Crippen LogP contribution in [0.15, 0.2) is 64.9 Å². The van der Waals surface area contributed by atoms with Gasteiger partial charge in [0.25, 0.3) is 23.3 Å². The highest BCUT2D eigenvalue weighted by Crippen LogP contribution is 2.11. The van der Waals surface area contributed by atoms with E-state index in [0.29, 0.717) is 22.7 Å². The van der Waals surface area contributed by atoms with Crippen molar-refractivity contribution in [1.29, 1.82) is 0 Å². The van der Waals surface area contributed by atoms with Crippen molar-refractivity contribution in [2.75, 3.05) is 18.4 Å². The summed E-state index contributed by atoms with van der Waals surface area (Å²) in [5.41, 5.74) is 0.384. The molecule has 29 heavy (non-hydrogen) atoms. The second-order valence-electron chi connectivity index (χ2n) is 5.93. The summed E-state index contributed by atoms with van der Waals surface area (Å²) < 4.78 is 0. The number of amides is 3. The Morgan fingerprint density at radius 2 is 1.59 bits per heavy atom. The molecule has 0 fully saturated rings. The zero-order valence-corrected chi connectivity index (χ0v) is 16.0. The Morgan fingerprint density at radius 3 is 2.24 bits per heavy atom. The fraction of sp³-hybridized carbons (Fsp3) is 0.100. The average molecular weight is 410 g/mol. The van der Waals surface area contributed by atoms with E-state index in [-0.39, 0.29) is 23.9 Å². The molecule has 0 saturated heterocycles. The molecule has 3 aromatic rings. The SMILES string of the molecule is O=C(NCCNC(=O)c1cccs1)c1ccc(NC(=O)c2ccc[nH]c2=O)cc1. The summed E-state index contributed by atoms with van der Waals surface area (Å²) in [6.07, 6.45) is 1.44. The number of H-pyrrole nitrogens is 1. The van der Waals surface area contributed by atoms with E-state index in [1.54, 1.807) is 42.5 Å². The Labute approximate surface area is 170 Å². The lowest BCUT2D eigenvalue weighted by Crippen LogP contribution is -2.34. The minimum Gasteiger partial charge on any atom is -0.350 e. The maximum Gasteiger partial charge on any atom is 0.261 e. The first-order valence-corrected chi connectivity index (χ1v) is 9.61. The zero-order valence-electron chi connectivity index (χ0n) is 15.2. The van der Waals surface area contributed by atoms with Gasteiger partial charge in [0.2, 0.25) is 0 Å². The Morgan fingerprint density at radius 1 is 0.862 bits per heavy atom. The third-order valence-corrected chi connectivity index (χ3v) is 4.78. The van der Waals surface area contributed by atoms with Gasteiger partial charge in [0, 0.05) is 30.5 Å². The number of thiophene rings is 1. The van der Waals surface area contributed by atoms with Crippen LogP contribution in [-0.4, -0.2) is 35.8 Å². The molecule has 2 heterocycles. The van der Waals surface area contributed by atoms with Gasteiger partial charge < -0.3 is 20.9 Å². The number of pyridine rings is 1. The second kappa shape index (κ2) is 9.47. The molecular formula is C20H18N4O4S. The number of aromatic nitrogens is 1. The van der Waals surface area contributed by atoms with E-state index in [9.17, 15) is 19.2 Å². The molecule has 0 saturated carbocycles. The van der Waals surface area contributed by atoms with Crippen molar-refractivity contribution < 1.29 is 14.4 Å². The molecule has 4 N–H and O–H groups in total. The zero-order chi connectivity index (χ0) is 20.6. The number of carbonyl (C=O) groups excluding carboxylic acids is 3. The Kier molecular flexibility index (Phi) is 6.54. The molecule has 0 aliphatic rings. The van der Waals surface area contributed by atoms with Gasteiger partial charge in [-0.2, -0.15) is 0 Å². The highest BCUT2D eigenvalue weighted by molar-refractivity contribution is 7.12. The van der Waals surface area contributed by atoms with Crippen LogP contribution >= 0.6 is 11.3 Å². The molecule has 1 aromatic carbocycles. The number of nitrogens with one attached hydrogen (secondary N) is 4. The largest absolute Gasteiger partial charge is 0.350 e. The van der Waals surface area contributed by atoms with Gasteiger partial charge in [-0.05, 0) is 47.8 Å². The molecule has 0 bridgehead atoms. The highest BCUT2D eigenvalue weighted by Gasteiger charge is 2.11. The van der Waals surface area contributed by atoms with Crippen molar-refractivity contribution in [3.05, 3.63) is 86.5 Å². The van der Waals surface area contributed by atoms with Crippen molar-refractivity contribution >= 4 is 34.7 Å². The summed E-state index contributed by atoms with van der Waals surface area (Å²) >= 11 is 1.35. The number of hydrogen-bond acceptors (Lipinski definition) is 5. The third-order valence-electron chi connectivity index (χ3n) is 3.91. The van der Waals surface area contributed by atoms with E-state index < -0.39 is 11.5 Å². The molecular weight excluding hydrogens is 392 g/mol. The van der Waals surface area contributed by atoms with Crippen LogP contribution in [0.4, 0.5) is 5.69 Å². The van der Waals surface area contributed by atoms with E-state index in [1.807, 2.05) is 5.38 Å². The first-order valence-electron chi connectivity index (χ1n) is 8.73. The van der Waals surface area contributed by atoms with Crippen LogP contribution in [0.2, 0.25) is 0 Å². The number of carbonyl (C=O) groups is 3. The molecule has 0 spiro atoms.